The number of benzene rings is 1. The van der Waals surface area contributed by atoms with Crippen molar-refractivity contribution in [3.8, 4) is 0 Å². The van der Waals surface area contributed by atoms with Crippen LogP contribution >= 0.6 is 43.2 Å². The molecule has 1 aromatic heterocycles. The fourth-order valence-corrected chi connectivity index (χ4v) is 3.67. The number of aliphatic hydroxyl groups is 1. The summed E-state index contributed by atoms with van der Waals surface area (Å²) in [6.45, 7) is 1.45. The monoisotopic (exact) mass is 403 g/mol. The van der Waals surface area contributed by atoms with E-state index in [9.17, 15) is 5.11 Å². The molecule has 1 atom stereocenters. The zero-order valence-corrected chi connectivity index (χ0v) is 14.3. The topological polar surface area (TPSA) is 32.3 Å². The number of nitrogens with one attached hydrogen (secondary N) is 1. The van der Waals surface area contributed by atoms with Gasteiger partial charge in [0.25, 0.3) is 0 Å². The first-order valence-corrected chi connectivity index (χ1v) is 8.44. The molecule has 0 bridgehead atoms. The minimum atomic E-state index is -0.465. The van der Waals surface area contributed by atoms with E-state index in [1.165, 1.54) is 4.88 Å². The van der Waals surface area contributed by atoms with Gasteiger partial charge in [-0.05, 0) is 52.2 Å². The van der Waals surface area contributed by atoms with Crippen molar-refractivity contribution in [1.29, 1.82) is 0 Å². The van der Waals surface area contributed by atoms with Crippen molar-refractivity contribution in [2.24, 2.45) is 0 Å². The maximum Gasteiger partial charge on any atom is 0.0914 e. The van der Waals surface area contributed by atoms with Gasteiger partial charge in [0.1, 0.15) is 0 Å². The minimum absolute atomic E-state index is 0.465. The molecule has 0 aliphatic heterocycles. The summed E-state index contributed by atoms with van der Waals surface area (Å²) in [7, 11) is 0. The van der Waals surface area contributed by atoms with Crippen LogP contribution in [0.2, 0.25) is 0 Å². The molecule has 0 amide bonds. The van der Waals surface area contributed by atoms with Gasteiger partial charge in [-0.25, -0.2) is 0 Å². The van der Waals surface area contributed by atoms with Gasteiger partial charge < -0.3 is 10.4 Å². The van der Waals surface area contributed by atoms with Crippen molar-refractivity contribution in [2.45, 2.75) is 12.5 Å². The van der Waals surface area contributed by atoms with Crippen LogP contribution in [0.15, 0.2) is 44.7 Å². The molecule has 0 radical (unpaired) electrons. The van der Waals surface area contributed by atoms with Crippen molar-refractivity contribution >= 4 is 43.2 Å². The van der Waals surface area contributed by atoms with Gasteiger partial charge in [-0.15, -0.1) is 11.3 Å². The fourth-order valence-electron chi connectivity index (χ4n) is 1.77. The molecule has 2 aromatic rings. The van der Waals surface area contributed by atoms with Crippen LogP contribution in [0.25, 0.3) is 0 Å². The first-order chi connectivity index (χ1) is 9.15. The van der Waals surface area contributed by atoms with Gasteiger partial charge in [-0.2, -0.15) is 0 Å². The summed E-state index contributed by atoms with van der Waals surface area (Å²) >= 11 is 8.62. The smallest absolute Gasteiger partial charge is 0.0914 e. The van der Waals surface area contributed by atoms with E-state index in [2.05, 4.69) is 49.3 Å². The lowest BCUT2D eigenvalue weighted by Crippen LogP contribution is -2.23. The molecule has 2 N–H and O–H groups in total. The Morgan fingerprint density at radius 3 is 2.74 bits per heavy atom. The number of hydrogen-bond donors (Lipinski definition) is 2. The van der Waals surface area contributed by atoms with Crippen molar-refractivity contribution < 1.29 is 5.11 Å². The molecule has 1 unspecified atom stereocenters. The highest BCUT2D eigenvalue weighted by Gasteiger charge is 2.07. The van der Waals surface area contributed by atoms with Crippen molar-refractivity contribution in [3.63, 3.8) is 0 Å². The van der Waals surface area contributed by atoms with Gasteiger partial charge in [0, 0.05) is 22.4 Å². The van der Waals surface area contributed by atoms with E-state index in [-0.39, 0.29) is 0 Å². The number of hydrogen-bond acceptors (Lipinski definition) is 3. The highest BCUT2D eigenvalue weighted by Crippen LogP contribution is 2.22. The molecule has 0 fully saturated rings. The predicted molar refractivity (Wildman–Crippen MR) is 87.7 cm³/mol. The van der Waals surface area contributed by atoms with Crippen LogP contribution < -0.4 is 5.32 Å². The van der Waals surface area contributed by atoms with Crippen molar-refractivity contribution in [3.05, 3.63) is 55.1 Å². The number of thiophene rings is 1. The number of halogens is 2. The number of rotatable bonds is 6. The van der Waals surface area contributed by atoms with Crippen LogP contribution in [-0.2, 0) is 6.42 Å². The molecular formula is C14H15Br2NOS. The molecule has 2 rings (SSSR count). The van der Waals surface area contributed by atoms with E-state index >= 15 is 0 Å². The van der Waals surface area contributed by atoms with Gasteiger partial charge in [0.05, 0.1) is 9.89 Å². The Hall–Kier alpha value is -0.200. The maximum absolute atomic E-state index is 10.1. The van der Waals surface area contributed by atoms with Crippen LogP contribution in [0.1, 0.15) is 16.5 Å². The summed E-state index contributed by atoms with van der Waals surface area (Å²) in [5, 5.41) is 13.3. The lowest BCUT2D eigenvalue weighted by molar-refractivity contribution is 0.175. The van der Waals surface area contributed by atoms with E-state index in [4.69, 9.17) is 0 Å². The Labute approximate surface area is 134 Å². The average molecular weight is 405 g/mol. The van der Waals surface area contributed by atoms with E-state index in [0.29, 0.717) is 6.54 Å². The molecular weight excluding hydrogens is 390 g/mol. The first-order valence-electron chi connectivity index (χ1n) is 6.03. The Balaban J connectivity index is 1.73. The number of aliphatic hydroxyl groups excluding tert-OH is 1. The zero-order valence-electron chi connectivity index (χ0n) is 10.3. The van der Waals surface area contributed by atoms with E-state index < -0.39 is 6.10 Å². The summed E-state index contributed by atoms with van der Waals surface area (Å²) in [6, 6.07) is 12.0. The minimum Gasteiger partial charge on any atom is -0.387 e. The molecule has 102 valence electrons. The third-order valence-corrected chi connectivity index (χ3v) is 4.92. The third-order valence-electron chi connectivity index (χ3n) is 2.75. The summed E-state index contributed by atoms with van der Waals surface area (Å²) in [4.78, 5) is 1.34. The van der Waals surface area contributed by atoms with E-state index in [1.54, 1.807) is 11.3 Å². The second-order valence-corrected chi connectivity index (χ2v) is 7.69. The second-order valence-electron chi connectivity index (χ2n) is 4.23. The largest absolute Gasteiger partial charge is 0.387 e. The second kappa shape index (κ2) is 7.55. The summed E-state index contributed by atoms with van der Waals surface area (Å²) in [5.41, 5.74) is 0.931. The predicted octanol–water partition coefficient (Wildman–Crippen LogP) is 4.14. The van der Waals surface area contributed by atoms with Gasteiger partial charge in [0.2, 0.25) is 0 Å². The fraction of sp³-hybridized carbons (Fsp3) is 0.286. The van der Waals surface area contributed by atoms with Gasteiger partial charge in [-0.1, -0.05) is 28.1 Å². The van der Waals surface area contributed by atoms with Gasteiger partial charge >= 0.3 is 0 Å². The highest BCUT2D eigenvalue weighted by molar-refractivity contribution is 9.11. The molecule has 1 heterocycles. The Bertz CT molecular complexity index is 530. The molecule has 1 aromatic carbocycles. The van der Waals surface area contributed by atoms with Crippen LogP contribution in [-0.4, -0.2) is 18.2 Å². The first kappa shape index (κ1) is 15.2. The maximum atomic E-state index is 10.1. The molecule has 0 saturated carbocycles. The molecule has 0 aliphatic carbocycles. The molecule has 0 saturated heterocycles. The van der Waals surface area contributed by atoms with Gasteiger partial charge in [-0.3, -0.25) is 0 Å². The molecule has 2 nitrogen and oxygen atoms in total. The molecule has 5 heteroatoms. The standard InChI is InChI=1S/C14H15Br2NOS/c15-11-3-1-2-10(8-11)13(18)9-17-7-6-12-4-5-14(16)19-12/h1-5,8,13,17-18H,6-7,9H2. The average Bonchev–Trinajstić information content (AvgIpc) is 2.80. The molecule has 19 heavy (non-hydrogen) atoms. The summed E-state index contributed by atoms with van der Waals surface area (Å²) < 4.78 is 2.16. The molecule has 0 aliphatic rings. The normalized spacial score (nSPS) is 12.6. The van der Waals surface area contributed by atoms with E-state index in [1.807, 2.05) is 24.3 Å². The van der Waals surface area contributed by atoms with Crippen LogP contribution in [0.4, 0.5) is 0 Å². The summed E-state index contributed by atoms with van der Waals surface area (Å²) in [5.74, 6) is 0. The Kier molecular flexibility index (Phi) is 6.04. The SMILES string of the molecule is OC(CNCCc1ccc(Br)s1)c1cccc(Br)c1. The lowest BCUT2D eigenvalue weighted by Gasteiger charge is -2.12. The summed E-state index contributed by atoms with van der Waals surface area (Å²) in [6.07, 6.45) is 0.522. The van der Waals surface area contributed by atoms with Crippen LogP contribution in [0.3, 0.4) is 0 Å². The van der Waals surface area contributed by atoms with E-state index in [0.717, 1.165) is 26.8 Å². The van der Waals surface area contributed by atoms with Crippen molar-refractivity contribution in [1.82, 2.24) is 5.32 Å². The Morgan fingerprint density at radius 1 is 1.21 bits per heavy atom. The zero-order chi connectivity index (χ0) is 13.7. The quantitative estimate of drug-likeness (QED) is 0.709. The van der Waals surface area contributed by atoms with Crippen molar-refractivity contribution in [2.75, 3.05) is 13.1 Å². The van der Waals surface area contributed by atoms with Crippen LogP contribution in [0.5, 0.6) is 0 Å². The third kappa shape index (κ3) is 5.00. The van der Waals surface area contributed by atoms with Gasteiger partial charge in [0.15, 0.2) is 0 Å². The molecule has 0 spiro atoms. The lowest BCUT2D eigenvalue weighted by atomic mass is 10.1. The van der Waals surface area contributed by atoms with Crippen LogP contribution in [0, 0.1) is 0 Å². The highest BCUT2D eigenvalue weighted by atomic mass is 79.9. The Morgan fingerprint density at radius 2 is 2.05 bits per heavy atom.